The lowest BCUT2D eigenvalue weighted by Crippen LogP contribution is -2.28. The Hall–Kier alpha value is -2.99. The van der Waals surface area contributed by atoms with Crippen LogP contribution in [0.25, 0.3) is 17.0 Å². The Balaban J connectivity index is 1.66. The highest BCUT2D eigenvalue weighted by Gasteiger charge is 2.35. The Morgan fingerprint density at radius 2 is 1.60 bits per heavy atom. The van der Waals surface area contributed by atoms with E-state index in [0.29, 0.717) is 31.5 Å². The molecular formula is C28H23Cl2N3OS. The number of hydrogen-bond donors (Lipinski definition) is 0. The minimum Gasteiger partial charge on any atom is -0.347 e. The van der Waals surface area contributed by atoms with Gasteiger partial charge in [0.2, 0.25) is 0 Å². The van der Waals surface area contributed by atoms with Crippen LogP contribution in [-0.4, -0.2) is 15.6 Å². The highest BCUT2D eigenvalue weighted by molar-refractivity contribution is 8.19. The molecule has 0 radical (unpaired) electrons. The molecule has 1 aliphatic rings. The first-order valence-electron chi connectivity index (χ1n) is 11.1. The van der Waals surface area contributed by atoms with E-state index in [1.165, 1.54) is 11.8 Å². The van der Waals surface area contributed by atoms with Crippen molar-refractivity contribution in [1.29, 1.82) is 0 Å². The molecule has 5 rings (SSSR count). The first kappa shape index (κ1) is 23.7. The third kappa shape index (κ3) is 4.29. The van der Waals surface area contributed by atoms with Gasteiger partial charge < -0.3 is 4.57 Å². The monoisotopic (exact) mass is 519 g/mol. The van der Waals surface area contributed by atoms with Gasteiger partial charge in [-0.25, -0.2) is 4.99 Å². The van der Waals surface area contributed by atoms with Gasteiger partial charge in [-0.15, -0.1) is 0 Å². The number of aromatic nitrogens is 1. The second kappa shape index (κ2) is 9.23. The van der Waals surface area contributed by atoms with Gasteiger partial charge in [0.25, 0.3) is 5.91 Å². The van der Waals surface area contributed by atoms with Crippen molar-refractivity contribution in [2.75, 3.05) is 4.90 Å². The summed E-state index contributed by atoms with van der Waals surface area (Å²) in [5, 5.41) is 2.89. The highest BCUT2D eigenvalue weighted by Crippen LogP contribution is 2.40. The smallest absolute Gasteiger partial charge is 0.271 e. The van der Waals surface area contributed by atoms with E-state index in [4.69, 9.17) is 28.2 Å². The predicted octanol–water partition coefficient (Wildman–Crippen LogP) is 8.22. The third-order valence-corrected chi connectivity index (χ3v) is 8.11. The Bertz CT molecular complexity index is 1570. The van der Waals surface area contributed by atoms with Gasteiger partial charge >= 0.3 is 0 Å². The van der Waals surface area contributed by atoms with Gasteiger partial charge in [0.15, 0.2) is 5.17 Å². The summed E-state index contributed by atoms with van der Waals surface area (Å²) in [6.07, 6.45) is 1.97. The summed E-state index contributed by atoms with van der Waals surface area (Å²) in [4.78, 5) is 20.8. The summed E-state index contributed by atoms with van der Waals surface area (Å²) in [5.74, 6) is -0.140. The minimum atomic E-state index is -0.140. The van der Waals surface area contributed by atoms with Crippen molar-refractivity contribution in [2.45, 2.75) is 20.8 Å². The molecule has 1 fully saturated rings. The van der Waals surface area contributed by atoms with Gasteiger partial charge in [0.05, 0.1) is 16.3 Å². The summed E-state index contributed by atoms with van der Waals surface area (Å²) >= 11 is 14.1. The molecule has 0 unspecified atom stereocenters. The SMILES string of the molecule is Cc1ccc(N=C2S/C(=C\c3c(C)n(C)c4ccccc34)C(=O)N2c2ccc(C)c(Cl)c2)cc1Cl. The quantitative estimate of drug-likeness (QED) is 0.255. The number of amides is 1. The molecule has 176 valence electrons. The average molecular weight is 520 g/mol. The summed E-state index contributed by atoms with van der Waals surface area (Å²) in [6, 6.07) is 19.4. The molecule has 0 atom stereocenters. The van der Waals surface area contributed by atoms with E-state index in [0.717, 1.165) is 33.3 Å². The Morgan fingerprint density at radius 3 is 2.31 bits per heavy atom. The van der Waals surface area contributed by atoms with E-state index in [2.05, 4.69) is 23.6 Å². The Labute approximate surface area is 218 Å². The lowest BCUT2D eigenvalue weighted by Gasteiger charge is -2.16. The third-order valence-electron chi connectivity index (χ3n) is 6.32. The van der Waals surface area contributed by atoms with E-state index in [9.17, 15) is 4.79 Å². The second-order valence-corrected chi connectivity index (χ2v) is 10.4. The van der Waals surface area contributed by atoms with Crippen LogP contribution in [0.3, 0.4) is 0 Å². The molecule has 0 bridgehead atoms. The van der Waals surface area contributed by atoms with Crippen molar-refractivity contribution in [3.8, 4) is 0 Å². The number of aliphatic imine (C=N–C) groups is 1. The lowest BCUT2D eigenvalue weighted by molar-refractivity contribution is -0.113. The fourth-order valence-corrected chi connectivity index (χ4v) is 5.45. The van der Waals surface area contributed by atoms with Gasteiger partial charge in [-0.05, 0) is 80.1 Å². The Kier molecular flexibility index (Phi) is 6.26. The second-order valence-electron chi connectivity index (χ2n) is 8.59. The number of amidine groups is 1. The van der Waals surface area contributed by atoms with Crippen LogP contribution in [0, 0.1) is 20.8 Å². The van der Waals surface area contributed by atoms with Crippen molar-refractivity contribution in [2.24, 2.45) is 12.0 Å². The first-order valence-corrected chi connectivity index (χ1v) is 12.7. The van der Waals surface area contributed by atoms with Gasteiger partial charge in [0, 0.05) is 39.3 Å². The number of aryl methyl sites for hydroxylation is 3. The topological polar surface area (TPSA) is 37.6 Å². The number of hydrogen-bond acceptors (Lipinski definition) is 3. The van der Waals surface area contributed by atoms with E-state index in [-0.39, 0.29) is 5.91 Å². The summed E-state index contributed by atoms with van der Waals surface area (Å²) in [5.41, 5.74) is 6.52. The molecule has 0 spiro atoms. The number of halogens is 2. The number of thioether (sulfide) groups is 1. The molecule has 2 heterocycles. The number of carbonyl (C=O) groups excluding carboxylic acids is 1. The molecule has 4 nitrogen and oxygen atoms in total. The van der Waals surface area contributed by atoms with Crippen LogP contribution in [0.1, 0.15) is 22.4 Å². The van der Waals surface area contributed by atoms with Crippen LogP contribution < -0.4 is 4.90 Å². The molecule has 7 heteroatoms. The molecule has 0 N–H and O–H groups in total. The summed E-state index contributed by atoms with van der Waals surface area (Å²) in [7, 11) is 2.04. The molecule has 1 aromatic heterocycles. The van der Waals surface area contributed by atoms with Crippen molar-refractivity contribution >= 4 is 74.4 Å². The van der Waals surface area contributed by atoms with Gasteiger partial charge in [0.1, 0.15) is 0 Å². The van der Waals surface area contributed by atoms with Crippen molar-refractivity contribution in [3.05, 3.63) is 98.0 Å². The van der Waals surface area contributed by atoms with Crippen LogP contribution >= 0.6 is 35.0 Å². The number of nitrogens with zero attached hydrogens (tertiary/aromatic N) is 3. The van der Waals surface area contributed by atoms with E-state index in [1.807, 2.05) is 69.4 Å². The van der Waals surface area contributed by atoms with Crippen molar-refractivity contribution in [3.63, 3.8) is 0 Å². The van der Waals surface area contributed by atoms with Crippen LogP contribution in [0.5, 0.6) is 0 Å². The molecule has 0 saturated carbocycles. The number of anilines is 1. The first-order chi connectivity index (χ1) is 16.7. The molecular weight excluding hydrogens is 497 g/mol. The van der Waals surface area contributed by atoms with Gasteiger partial charge in [-0.1, -0.05) is 53.5 Å². The molecule has 0 aliphatic carbocycles. The molecule has 1 amide bonds. The zero-order valence-corrected chi connectivity index (χ0v) is 22.1. The summed E-state index contributed by atoms with van der Waals surface area (Å²) in [6.45, 7) is 5.95. The number of carbonyl (C=O) groups is 1. The van der Waals surface area contributed by atoms with Crippen molar-refractivity contribution in [1.82, 2.24) is 4.57 Å². The number of benzene rings is 3. The van der Waals surface area contributed by atoms with Crippen LogP contribution in [0.2, 0.25) is 10.0 Å². The zero-order valence-electron chi connectivity index (χ0n) is 19.8. The Morgan fingerprint density at radius 1 is 0.914 bits per heavy atom. The molecule has 1 aliphatic heterocycles. The van der Waals surface area contributed by atoms with E-state index in [1.54, 1.807) is 11.0 Å². The van der Waals surface area contributed by atoms with Gasteiger partial charge in [-0.3, -0.25) is 9.69 Å². The van der Waals surface area contributed by atoms with Crippen LogP contribution in [-0.2, 0) is 11.8 Å². The highest BCUT2D eigenvalue weighted by atomic mass is 35.5. The summed E-state index contributed by atoms with van der Waals surface area (Å²) < 4.78 is 2.15. The number of fused-ring (bicyclic) bond motifs is 1. The van der Waals surface area contributed by atoms with Crippen LogP contribution in [0.15, 0.2) is 70.6 Å². The zero-order chi connectivity index (χ0) is 24.9. The molecule has 4 aromatic rings. The van der Waals surface area contributed by atoms with E-state index < -0.39 is 0 Å². The van der Waals surface area contributed by atoms with Crippen molar-refractivity contribution < 1.29 is 4.79 Å². The minimum absolute atomic E-state index is 0.140. The molecule has 1 saturated heterocycles. The average Bonchev–Trinajstić information content (AvgIpc) is 3.27. The normalized spacial score (nSPS) is 16.3. The fourth-order valence-electron chi connectivity index (χ4n) is 4.12. The van der Waals surface area contributed by atoms with Crippen LogP contribution in [0.4, 0.5) is 11.4 Å². The standard InChI is InChI=1S/C28H23Cl2N3OS/c1-16-9-11-19(13-23(16)29)31-28-33(20-12-10-17(2)24(30)14-20)27(34)26(35-28)15-22-18(3)32(4)25-8-6-5-7-21(22)25/h5-15H,1-4H3/b26-15-,31-28?. The van der Waals surface area contributed by atoms with Gasteiger partial charge in [-0.2, -0.15) is 0 Å². The molecule has 35 heavy (non-hydrogen) atoms. The maximum atomic E-state index is 13.8. The predicted molar refractivity (Wildman–Crippen MR) is 150 cm³/mol. The lowest BCUT2D eigenvalue weighted by atomic mass is 10.1. The maximum absolute atomic E-state index is 13.8. The number of rotatable bonds is 3. The number of para-hydroxylation sites is 1. The maximum Gasteiger partial charge on any atom is 0.271 e. The fraction of sp³-hybridized carbons (Fsp3) is 0.143. The van der Waals surface area contributed by atoms with E-state index >= 15 is 0 Å². The molecule has 3 aromatic carbocycles. The largest absolute Gasteiger partial charge is 0.347 e.